The summed E-state index contributed by atoms with van der Waals surface area (Å²) in [5.41, 5.74) is -2.56. The standard InChI is InChI=1S/C9H10O8/c10-5(11)3-1-2-9(7(14)15,8(16)17)4(3)6(12)13/h3-4H,1-2H2,(H,10,11)(H,12,13)(H,14,15)(H,16,17). The van der Waals surface area contributed by atoms with E-state index >= 15 is 0 Å². The maximum absolute atomic E-state index is 11.0. The van der Waals surface area contributed by atoms with Crippen LogP contribution in [0.3, 0.4) is 0 Å². The van der Waals surface area contributed by atoms with Crippen LogP contribution in [0.1, 0.15) is 12.8 Å². The number of carbonyl (C=O) groups is 4. The van der Waals surface area contributed by atoms with Gasteiger partial charge < -0.3 is 20.4 Å². The zero-order chi connectivity index (χ0) is 13.4. The lowest BCUT2D eigenvalue weighted by Crippen LogP contribution is -2.48. The maximum Gasteiger partial charge on any atom is 0.321 e. The lowest BCUT2D eigenvalue weighted by molar-refractivity contribution is -0.176. The fourth-order valence-corrected chi connectivity index (χ4v) is 2.27. The topological polar surface area (TPSA) is 149 Å². The first-order chi connectivity index (χ1) is 7.75. The summed E-state index contributed by atoms with van der Waals surface area (Å²) in [6.45, 7) is 0. The molecule has 0 aliphatic heterocycles. The number of hydrogen-bond acceptors (Lipinski definition) is 4. The van der Waals surface area contributed by atoms with E-state index in [2.05, 4.69) is 0 Å². The van der Waals surface area contributed by atoms with Gasteiger partial charge in [-0.3, -0.25) is 19.2 Å². The van der Waals surface area contributed by atoms with Crippen molar-refractivity contribution in [2.45, 2.75) is 12.8 Å². The van der Waals surface area contributed by atoms with Gasteiger partial charge in [0.05, 0.1) is 11.8 Å². The van der Waals surface area contributed by atoms with E-state index in [9.17, 15) is 19.2 Å². The first-order valence-corrected chi connectivity index (χ1v) is 4.67. The molecule has 0 aromatic heterocycles. The van der Waals surface area contributed by atoms with E-state index in [1.807, 2.05) is 0 Å². The largest absolute Gasteiger partial charge is 0.481 e. The minimum Gasteiger partial charge on any atom is -0.481 e. The number of aliphatic carboxylic acids is 4. The summed E-state index contributed by atoms with van der Waals surface area (Å²) in [6, 6.07) is 0. The molecule has 8 heteroatoms. The van der Waals surface area contributed by atoms with E-state index in [-0.39, 0.29) is 6.42 Å². The lowest BCUT2D eigenvalue weighted by Gasteiger charge is -2.25. The second kappa shape index (κ2) is 4.04. The van der Waals surface area contributed by atoms with Crippen molar-refractivity contribution < 1.29 is 39.6 Å². The van der Waals surface area contributed by atoms with Gasteiger partial charge in [-0.1, -0.05) is 0 Å². The Balaban J connectivity index is 3.33. The third-order valence-electron chi connectivity index (χ3n) is 3.13. The Hall–Kier alpha value is -2.12. The summed E-state index contributed by atoms with van der Waals surface area (Å²) < 4.78 is 0. The van der Waals surface area contributed by atoms with E-state index in [0.717, 1.165) is 0 Å². The molecule has 1 saturated carbocycles. The highest BCUT2D eigenvalue weighted by Gasteiger charge is 2.64. The van der Waals surface area contributed by atoms with Crippen LogP contribution in [0.2, 0.25) is 0 Å². The highest BCUT2D eigenvalue weighted by atomic mass is 16.4. The number of carboxylic acids is 4. The minimum atomic E-state index is -2.56. The van der Waals surface area contributed by atoms with E-state index in [1.165, 1.54) is 0 Å². The zero-order valence-corrected chi connectivity index (χ0v) is 8.49. The molecule has 0 amide bonds. The predicted molar refractivity (Wildman–Crippen MR) is 49.2 cm³/mol. The molecular weight excluding hydrogens is 236 g/mol. The van der Waals surface area contributed by atoms with Gasteiger partial charge in [0.15, 0.2) is 5.41 Å². The van der Waals surface area contributed by atoms with Gasteiger partial charge in [0.1, 0.15) is 0 Å². The quantitative estimate of drug-likeness (QED) is 0.477. The monoisotopic (exact) mass is 246 g/mol. The van der Waals surface area contributed by atoms with Gasteiger partial charge in [-0.2, -0.15) is 0 Å². The van der Waals surface area contributed by atoms with E-state index in [0.29, 0.717) is 0 Å². The molecule has 1 rings (SSSR count). The van der Waals surface area contributed by atoms with Crippen LogP contribution in [0.4, 0.5) is 0 Å². The predicted octanol–water partition coefficient (Wildman–Crippen LogP) is -0.663. The van der Waals surface area contributed by atoms with Gasteiger partial charge in [0, 0.05) is 0 Å². The van der Waals surface area contributed by atoms with Crippen LogP contribution < -0.4 is 0 Å². The van der Waals surface area contributed by atoms with E-state index in [1.54, 1.807) is 0 Å². The van der Waals surface area contributed by atoms with E-state index < -0.39 is 47.5 Å². The Bertz CT molecular complexity index is 384. The SMILES string of the molecule is O=C(O)C1CCC(C(=O)O)(C(=O)O)C1C(=O)O. The van der Waals surface area contributed by atoms with Crippen molar-refractivity contribution >= 4 is 23.9 Å². The second-order valence-electron chi connectivity index (χ2n) is 3.88. The molecule has 0 heterocycles. The molecule has 2 atom stereocenters. The summed E-state index contributed by atoms with van der Waals surface area (Å²) in [5, 5.41) is 35.5. The summed E-state index contributed by atoms with van der Waals surface area (Å²) in [7, 11) is 0. The molecule has 0 aromatic carbocycles. The molecule has 94 valence electrons. The van der Waals surface area contributed by atoms with Crippen molar-refractivity contribution in [1.29, 1.82) is 0 Å². The van der Waals surface area contributed by atoms with Crippen LogP contribution in [0, 0.1) is 17.3 Å². The number of carboxylic acid groups (broad SMARTS) is 4. The molecule has 17 heavy (non-hydrogen) atoms. The Morgan fingerprint density at radius 1 is 0.882 bits per heavy atom. The molecule has 0 radical (unpaired) electrons. The van der Waals surface area contributed by atoms with Crippen LogP contribution in [0.15, 0.2) is 0 Å². The average Bonchev–Trinajstić information content (AvgIpc) is 2.57. The Morgan fingerprint density at radius 2 is 1.35 bits per heavy atom. The smallest absolute Gasteiger partial charge is 0.321 e. The Kier molecular flexibility index (Phi) is 3.08. The second-order valence-corrected chi connectivity index (χ2v) is 3.88. The van der Waals surface area contributed by atoms with Crippen LogP contribution >= 0.6 is 0 Å². The van der Waals surface area contributed by atoms with Gasteiger partial charge >= 0.3 is 23.9 Å². The molecule has 1 aliphatic carbocycles. The minimum absolute atomic E-state index is 0.287. The van der Waals surface area contributed by atoms with Crippen molar-refractivity contribution in [3.8, 4) is 0 Å². The average molecular weight is 246 g/mol. The van der Waals surface area contributed by atoms with Gasteiger partial charge in [0.25, 0.3) is 0 Å². The van der Waals surface area contributed by atoms with Crippen molar-refractivity contribution in [1.82, 2.24) is 0 Å². The highest BCUT2D eigenvalue weighted by molar-refractivity contribution is 6.04. The fourth-order valence-electron chi connectivity index (χ4n) is 2.27. The van der Waals surface area contributed by atoms with Crippen molar-refractivity contribution in [3.05, 3.63) is 0 Å². The number of rotatable bonds is 4. The molecule has 2 unspecified atom stereocenters. The van der Waals surface area contributed by atoms with Crippen molar-refractivity contribution in [2.24, 2.45) is 17.3 Å². The summed E-state index contributed by atoms with van der Waals surface area (Å²) >= 11 is 0. The van der Waals surface area contributed by atoms with Crippen molar-refractivity contribution in [2.75, 3.05) is 0 Å². The molecule has 0 saturated heterocycles. The maximum atomic E-state index is 11.0. The molecule has 1 aliphatic rings. The zero-order valence-electron chi connectivity index (χ0n) is 8.49. The van der Waals surface area contributed by atoms with Crippen molar-refractivity contribution in [3.63, 3.8) is 0 Å². The molecular formula is C9H10O8. The fraction of sp³-hybridized carbons (Fsp3) is 0.556. The summed E-state index contributed by atoms with van der Waals surface area (Å²) in [4.78, 5) is 43.8. The number of hydrogen-bond donors (Lipinski definition) is 4. The molecule has 0 bridgehead atoms. The first-order valence-electron chi connectivity index (χ1n) is 4.67. The molecule has 0 aromatic rings. The van der Waals surface area contributed by atoms with Gasteiger partial charge in [-0.05, 0) is 12.8 Å². The van der Waals surface area contributed by atoms with Gasteiger partial charge in [0.2, 0.25) is 0 Å². The third-order valence-corrected chi connectivity index (χ3v) is 3.13. The van der Waals surface area contributed by atoms with Crippen LogP contribution in [-0.4, -0.2) is 44.3 Å². The van der Waals surface area contributed by atoms with Gasteiger partial charge in [-0.15, -0.1) is 0 Å². The normalized spacial score (nSPS) is 26.4. The molecule has 1 fully saturated rings. The molecule has 0 spiro atoms. The van der Waals surface area contributed by atoms with E-state index in [4.69, 9.17) is 20.4 Å². The molecule has 8 nitrogen and oxygen atoms in total. The highest BCUT2D eigenvalue weighted by Crippen LogP contribution is 2.48. The molecule has 4 N–H and O–H groups in total. The third kappa shape index (κ3) is 1.71. The summed E-state index contributed by atoms with van der Waals surface area (Å²) in [5.74, 6) is -10.3. The van der Waals surface area contributed by atoms with Gasteiger partial charge in [-0.25, -0.2) is 0 Å². The lowest BCUT2D eigenvalue weighted by atomic mass is 9.75. The van der Waals surface area contributed by atoms with Crippen LogP contribution in [0.5, 0.6) is 0 Å². The Morgan fingerprint density at radius 3 is 1.65 bits per heavy atom. The van der Waals surface area contributed by atoms with Crippen LogP contribution in [-0.2, 0) is 19.2 Å². The summed E-state index contributed by atoms with van der Waals surface area (Å²) in [6.07, 6.45) is -0.795. The van der Waals surface area contributed by atoms with Crippen LogP contribution in [0.25, 0.3) is 0 Å². The first kappa shape index (κ1) is 12.9. The Labute approximate surface area is 94.5 Å².